The number of hydrogen-bond acceptors (Lipinski definition) is 5. The molecule has 0 aliphatic rings. The zero-order valence-corrected chi connectivity index (χ0v) is 13.7. The van der Waals surface area contributed by atoms with E-state index >= 15 is 0 Å². The molecule has 21 heavy (non-hydrogen) atoms. The molecule has 0 aliphatic carbocycles. The first-order chi connectivity index (χ1) is 9.80. The fourth-order valence-electron chi connectivity index (χ4n) is 1.87. The molecule has 0 bridgehead atoms. The lowest BCUT2D eigenvalue weighted by Gasteiger charge is -2.23. The second-order valence-electron chi connectivity index (χ2n) is 5.44. The highest BCUT2D eigenvalue weighted by Gasteiger charge is 2.19. The number of aliphatic hydroxyl groups is 1. The van der Waals surface area contributed by atoms with Crippen molar-refractivity contribution in [2.45, 2.75) is 37.2 Å². The van der Waals surface area contributed by atoms with E-state index in [2.05, 4.69) is 5.32 Å². The summed E-state index contributed by atoms with van der Waals surface area (Å²) >= 11 is 0. The zero-order chi connectivity index (χ0) is 15.9. The molecule has 0 spiro atoms. The number of benzene rings is 1. The van der Waals surface area contributed by atoms with Crippen molar-refractivity contribution in [2.75, 3.05) is 31.3 Å². The van der Waals surface area contributed by atoms with Gasteiger partial charge in [0.2, 0.25) is 0 Å². The summed E-state index contributed by atoms with van der Waals surface area (Å²) in [6.45, 7) is 4.44. The SMILES string of the molecule is CCCS(=O)(=O)c1ccc(NCC(C)(O)CCOC)cc1. The first-order valence-electron chi connectivity index (χ1n) is 7.09. The van der Waals surface area contributed by atoms with Gasteiger partial charge in [0.15, 0.2) is 9.84 Å². The molecule has 1 unspecified atom stereocenters. The van der Waals surface area contributed by atoms with E-state index in [0.717, 1.165) is 5.69 Å². The summed E-state index contributed by atoms with van der Waals surface area (Å²) in [7, 11) is -1.58. The fraction of sp³-hybridized carbons (Fsp3) is 0.600. The van der Waals surface area contributed by atoms with E-state index < -0.39 is 15.4 Å². The Labute approximate surface area is 127 Å². The van der Waals surface area contributed by atoms with Gasteiger partial charge in [-0.15, -0.1) is 0 Å². The fourth-order valence-corrected chi connectivity index (χ4v) is 3.19. The Balaban J connectivity index is 2.63. The molecular formula is C15H25NO4S. The molecule has 1 atom stereocenters. The van der Waals surface area contributed by atoms with Crippen molar-refractivity contribution in [1.29, 1.82) is 0 Å². The smallest absolute Gasteiger partial charge is 0.178 e. The van der Waals surface area contributed by atoms with E-state index in [0.29, 0.717) is 30.9 Å². The van der Waals surface area contributed by atoms with Gasteiger partial charge in [-0.25, -0.2) is 8.42 Å². The first kappa shape index (κ1) is 17.9. The van der Waals surface area contributed by atoms with Crippen LogP contribution in [0.25, 0.3) is 0 Å². The van der Waals surface area contributed by atoms with E-state index in [1.54, 1.807) is 38.3 Å². The largest absolute Gasteiger partial charge is 0.388 e. The number of sulfone groups is 1. The molecule has 2 N–H and O–H groups in total. The quantitative estimate of drug-likeness (QED) is 0.729. The van der Waals surface area contributed by atoms with Gasteiger partial charge in [-0.3, -0.25) is 0 Å². The molecule has 0 fully saturated rings. The van der Waals surface area contributed by atoms with Crippen molar-refractivity contribution in [3.63, 3.8) is 0 Å². The number of rotatable bonds is 9. The number of methoxy groups -OCH3 is 1. The molecule has 1 aromatic rings. The molecule has 0 saturated heterocycles. The predicted molar refractivity (Wildman–Crippen MR) is 84.4 cm³/mol. The van der Waals surface area contributed by atoms with Crippen LogP contribution in [0.15, 0.2) is 29.2 Å². The first-order valence-corrected chi connectivity index (χ1v) is 8.74. The lowest BCUT2D eigenvalue weighted by Crippen LogP contribution is -2.34. The van der Waals surface area contributed by atoms with Crippen LogP contribution in [-0.4, -0.2) is 45.1 Å². The normalized spacial score (nSPS) is 14.7. The van der Waals surface area contributed by atoms with Crippen LogP contribution in [0.2, 0.25) is 0 Å². The molecule has 5 nitrogen and oxygen atoms in total. The molecule has 1 aromatic carbocycles. The third kappa shape index (κ3) is 6.03. The van der Waals surface area contributed by atoms with Gasteiger partial charge < -0.3 is 15.2 Å². The molecule has 0 heterocycles. The van der Waals surface area contributed by atoms with Crippen LogP contribution in [0.4, 0.5) is 5.69 Å². The van der Waals surface area contributed by atoms with Gasteiger partial charge in [-0.1, -0.05) is 6.92 Å². The number of ether oxygens (including phenoxy) is 1. The van der Waals surface area contributed by atoms with Crippen molar-refractivity contribution >= 4 is 15.5 Å². The molecule has 0 aliphatic heterocycles. The van der Waals surface area contributed by atoms with Gasteiger partial charge in [-0.05, 0) is 37.6 Å². The van der Waals surface area contributed by atoms with Crippen LogP contribution in [0.5, 0.6) is 0 Å². The maximum Gasteiger partial charge on any atom is 0.178 e. The summed E-state index contributed by atoms with van der Waals surface area (Å²) in [5, 5.41) is 13.2. The number of nitrogens with one attached hydrogen (secondary N) is 1. The minimum absolute atomic E-state index is 0.158. The van der Waals surface area contributed by atoms with Crippen molar-refractivity contribution in [1.82, 2.24) is 0 Å². The number of anilines is 1. The molecule has 0 radical (unpaired) electrons. The van der Waals surface area contributed by atoms with Crippen LogP contribution in [0.3, 0.4) is 0 Å². The Morgan fingerprint density at radius 1 is 1.29 bits per heavy atom. The summed E-state index contributed by atoms with van der Waals surface area (Å²) in [5.74, 6) is 0.158. The van der Waals surface area contributed by atoms with E-state index in [1.165, 1.54) is 0 Å². The summed E-state index contributed by atoms with van der Waals surface area (Å²) < 4.78 is 28.8. The van der Waals surface area contributed by atoms with Crippen molar-refractivity contribution < 1.29 is 18.3 Å². The zero-order valence-electron chi connectivity index (χ0n) is 12.9. The lowest BCUT2D eigenvalue weighted by atomic mass is 10.0. The van der Waals surface area contributed by atoms with Crippen molar-refractivity contribution in [2.24, 2.45) is 0 Å². The standard InChI is InChI=1S/C15H25NO4S/c1-4-11-21(18,19)14-7-5-13(6-8-14)16-12-15(2,17)9-10-20-3/h5-8,16-17H,4,9-12H2,1-3H3. The second-order valence-corrected chi connectivity index (χ2v) is 7.55. The van der Waals surface area contributed by atoms with Gasteiger partial charge >= 0.3 is 0 Å². The minimum atomic E-state index is -3.18. The van der Waals surface area contributed by atoms with Crippen LogP contribution < -0.4 is 5.32 Å². The highest BCUT2D eigenvalue weighted by molar-refractivity contribution is 7.91. The molecule has 120 valence electrons. The highest BCUT2D eigenvalue weighted by atomic mass is 32.2. The maximum absolute atomic E-state index is 11.9. The third-order valence-electron chi connectivity index (χ3n) is 3.20. The molecular weight excluding hydrogens is 290 g/mol. The second kappa shape index (κ2) is 7.77. The van der Waals surface area contributed by atoms with Crippen molar-refractivity contribution in [3.8, 4) is 0 Å². The Hall–Kier alpha value is -1.11. The molecule has 0 saturated carbocycles. The molecule has 6 heteroatoms. The molecule has 1 rings (SSSR count). The topological polar surface area (TPSA) is 75.6 Å². The predicted octanol–water partition coefficient (Wildman–Crippen LogP) is 2.07. The average Bonchev–Trinajstić information content (AvgIpc) is 2.44. The van der Waals surface area contributed by atoms with E-state index in [4.69, 9.17) is 4.74 Å². The Bertz CT molecular complexity index is 523. The van der Waals surface area contributed by atoms with Gasteiger partial charge in [-0.2, -0.15) is 0 Å². The molecule has 0 aromatic heterocycles. The number of hydrogen-bond donors (Lipinski definition) is 2. The average molecular weight is 315 g/mol. The van der Waals surface area contributed by atoms with Crippen molar-refractivity contribution in [3.05, 3.63) is 24.3 Å². The Kier molecular flexibility index (Phi) is 6.64. The van der Waals surface area contributed by atoms with Crippen LogP contribution in [0, 0.1) is 0 Å². The van der Waals surface area contributed by atoms with Gasteiger partial charge in [0, 0.05) is 32.4 Å². The summed E-state index contributed by atoms with van der Waals surface area (Å²) in [6, 6.07) is 6.62. The maximum atomic E-state index is 11.9. The van der Waals surface area contributed by atoms with Gasteiger partial charge in [0.25, 0.3) is 0 Å². The highest BCUT2D eigenvalue weighted by Crippen LogP contribution is 2.17. The van der Waals surface area contributed by atoms with Gasteiger partial charge in [0.1, 0.15) is 0 Å². The third-order valence-corrected chi connectivity index (χ3v) is 5.14. The summed E-state index contributed by atoms with van der Waals surface area (Å²) in [5.41, 5.74) is -0.0914. The van der Waals surface area contributed by atoms with E-state index in [-0.39, 0.29) is 5.75 Å². The Morgan fingerprint density at radius 3 is 2.43 bits per heavy atom. The monoisotopic (exact) mass is 315 g/mol. The van der Waals surface area contributed by atoms with E-state index in [9.17, 15) is 13.5 Å². The minimum Gasteiger partial charge on any atom is -0.388 e. The summed E-state index contributed by atoms with van der Waals surface area (Å²) in [6.07, 6.45) is 1.13. The van der Waals surface area contributed by atoms with E-state index in [1.807, 2.05) is 6.92 Å². The summed E-state index contributed by atoms with van der Waals surface area (Å²) in [4.78, 5) is 0.334. The van der Waals surface area contributed by atoms with Crippen LogP contribution in [0.1, 0.15) is 26.7 Å². The molecule has 0 amide bonds. The lowest BCUT2D eigenvalue weighted by molar-refractivity contribution is 0.0357. The van der Waals surface area contributed by atoms with Crippen LogP contribution >= 0.6 is 0 Å². The Morgan fingerprint density at radius 2 is 1.90 bits per heavy atom. The van der Waals surface area contributed by atoms with Gasteiger partial charge in [0.05, 0.1) is 16.2 Å². The van der Waals surface area contributed by atoms with Crippen LogP contribution in [-0.2, 0) is 14.6 Å².